The van der Waals surface area contributed by atoms with E-state index < -0.39 is 15.7 Å². The van der Waals surface area contributed by atoms with Crippen LogP contribution >= 0.6 is 11.3 Å². The molecule has 0 N–H and O–H groups in total. The molecule has 0 radical (unpaired) electrons. The summed E-state index contributed by atoms with van der Waals surface area (Å²) in [5, 5.41) is 6.80. The van der Waals surface area contributed by atoms with Crippen molar-refractivity contribution in [1.29, 1.82) is 0 Å². The zero-order valence-corrected chi connectivity index (χ0v) is 20.7. The second-order valence-corrected chi connectivity index (χ2v) is 12.3. The summed E-state index contributed by atoms with van der Waals surface area (Å²) in [4.78, 5) is 1.22. The molecule has 0 aromatic carbocycles. The van der Waals surface area contributed by atoms with Crippen molar-refractivity contribution in [3.63, 3.8) is 0 Å². The molecule has 2 atom stereocenters. The van der Waals surface area contributed by atoms with Gasteiger partial charge in [-0.2, -0.15) is 9.40 Å². The summed E-state index contributed by atoms with van der Waals surface area (Å²) in [5.74, 6) is 0.484. The van der Waals surface area contributed by atoms with Crippen LogP contribution in [0.25, 0.3) is 10.6 Å². The lowest BCUT2D eigenvalue weighted by Gasteiger charge is -2.35. The van der Waals surface area contributed by atoms with Gasteiger partial charge in [0.15, 0.2) is 0 Å². The highest BCUT2D eigenvalue weighted by Crippen LogP contribution is 2.42. The van der Waals surface area contributed by atoms with E-state index in [1.165, 1.54) is 24.2 Å². The van der Waals surface area contributed by atoms with Crippen molar-refractivity contribution in [2.24, 2.45) is 5.92 Å². The van der Waals surface area contributed by atoms with Gasteiger partial charge in [0.05, 0.1) is 23.6 Å². The van der Waals surface area contributed by atoms with E-state index in [1.807, 2.05) is 36.0 Å². The van der Waals surface area contributed by atoms with Crippen molar-refractivity contribution in [3.05, 3.63) is 23.7 Å². The third-order valence-electron chi connectivity index (χ3n) is 6.73. The standard InChI is InChI=1S/C23H35N3O3S2/c1-5-18-16-29-23(4,13-12-17(2)3)26(18)31(27,28)21-15-25(19-9-6-7-10-19)24-22(21)20-11-8-14-30-20/h8,11,14-15,17-19H,5-7,9-10,12-13,16H2,1-4H3. The van der Waals surface area contributed by atoms with E-state index in [9.17, 15) is 8.42 Å². The number of thiophene rings is 1. The zero-order valence-electron chi connectivity index (χ0n) is 19.1. The molecule has 2 aromatic heterocycles. The average molecular weight is 466 g/mol. The van der Waals surface area contributed by atoms with Crippen LogP contribution in [0.5, 0.6) is 0 Å². The normalized spacial score (nSPS) is 25.8. The van der Waals surface area contributed by atoms with Crippen molar-refractivity contribution < 1.29 is 13.2 Å². The highest BCUT2D eigenvalue weighted by molar-refractivity contribution is 7.89. The van der Waals surface area contributed by atoms with E-state index in [0.29, 0.717) is 29.5 Å². The second kappa shape index (κ2) is 8.96. The van der Waals surface area contributed by atoms with Crippen LogP contribution in [-0.4, -0.2) is 40.9 Å². The number of ether oxygens (including phenoxy) is 1. The summed E-state index contributed by atoms with van der Waals surface area (Å²) < 4.78 is 38.2. The Morgan fingerprint density at radius 3 is 2.68 bits per heavy atom. The van der Waals surface area contributed by atoms with Gasteiger partial charge in [0.2, 0.25) is 10.0 Å². The quantitative estimate of drug-likeness (QED) is 0.503. The molecule has 1 saturated carbocycles. The molecule has 2 aliphatic rings. The minimum atomic E-state index is -3.79. The smallest absolute Gasteiger partial charge is 0.249 e. The molecule has 2 fully saturated rings. The molecule has 2 aromatic rings. The van der Waals surface area contributed by atoms with Gasteiger partial charge in [-0.3, -0.25) is 4.68 Å². The van der Waals surface area contributed by atoms with E-state index in [0.717, 1.165) is 30.6 Å². The number of sulfonamides is 1. The fourth-order valence-corrected chi connectivity index (χ4v) is 7.77. The lowest BCUT2D eigenvalue weighted by atomic mass is 10.0. The predicted octanol–water partition coefficient (Wildman–Crippen LogP) is 5.68. The molecule has 0 bridgehead atoms. The van der Waals surface area contributed by atoms with E-state index in [-0.39, 0.29) is 12.1 Å². The Morgan fingerprint density at radius 2 is 2.06 bits per heavy atom. The molecule has 31 heavy (non-hydrogen) atoms. The summed E-state index contributed by atoms with van der Waals surface area (Å²) in [5.41, 5.74) is -0.249. The first-order valence-corrected chi connectivity index (χ1v) is 13.9. The first-order valence-electron chi connectivity index (χ1n) is 11.6. The van der Waals surface area contributed by atoms with E-state index in [1.54, 1.807) is 10.5 Å². The van der Waals surface area contributed by atoms with Crippen LogP contribution in [0, 0.1) is 5.92 Å². The Hall–Kier alpha value is -1.22. The van der Waals surface area contributed by atoms with Crippen molar-refractivity contribution >= 4 is 21.4 Å². The minimum Gasteiger partial charge on any atom is -0.358 e. The first kappa shape index (κ1) is 23.0. The number of hydrogen-bond donors (Lipinski definition) is 0. The van der Waals surface area contributed by atoms with Gasteiger partial charge in [-0.25, -0.2) is 8.42 Å². The van der Waals surface area contributed by atoms with Crippen molar-refractivity contribution in [3.8, 4) is 10.6 Å². The second-order valence-electron chi connectivity index (χ2n) is 9.52. The number of hydrogen-bond acceptors (Lipinski definition) is 5. The molecule has 1 aliphatic carbocycles. The van der Waals surface area contributed by atoms with Crippen molar-refractivity contribution in [2.45, 2.75) is 95.3 Å². The van der Waals surface area contributed by atoms with Crippen molar-refractivity contribution in [2.75, 3.05) is 6.61 Å². The largest absolute Gasteiger partial charge is 0.358 e. The topological polar surface area (TPSA) is 64.4 Å². The molecule has 0 spiro atoms. The van der Waals surface area contributed by atoms with Gasteiger partial charge in [0.1, 0.15) is 16.3 Å². The molecule has 0 amide bonds. The van der Waals surface area contributed by atoms with Crippen LogP contribution in [0.2, 0.25) is 0 Å². The molecular weight excluding hydrogens is 430 g/mol. The third-order valence-corrected chi connectivity index (χ3v) is 9.66. The lowest BCUT2D eigenvalue weighted by molar-refractivity contribution is -0.0433. The Morgan fingerprint density at radius 1 is 1.32 bits per heavy atom. The van der Waals surface area contributed by atoms with Crippen LogP contribution in [-0.2, 0) is 14.8 Å². The first-order chi connectivity index (χ1) is 14.8. The highest BCUT2D eigenvalue weighted by atomic mass is 32.2. The van der Waals surface area contributed by atoms with E-state index >= 15 is 0 Å². The predicted molar refractivity (Wildman–Crippen MR) is 125 cm³/mol. The maximum atomic E-state index is 14.2. The van der Waals surface area contributed by atoms with Crippen LogP contribution in [0.1, 0.15) is 78.7 Å². The average Bonchev–Trinajstić information content (AvgIpc) is 3.51. The number of aromatic nitrogens is 2. The van der Waals surface area contributed by atoms with Crippen LogP contribution in [0.4, 0.5) is 0 Å². The zero-order chi connectivity index (χ0) is 22.2. The molecule has 3 heterocycles. The van der Waals surface area contributed by atoms with Gasteiger partial charge in [-0.1, -0.05) is 39.7 Å². The molecule has 8 heteroatoms. The Kier molecular flexibility index (Phi) is 6.64. The van der Waals surface area contributed by atoms with Gasteiger partial charge in [-0.15, -0.1) is 11.3 Å². The minimum absolute atomic E-state index is 0.159. The van der Waals surface area contributed by atoms with Gasteiger partial charge in [0, 0.05) is 6.20 Å². The summed E-state index contributed by atoms with van der Waals surface area (Å²) in [7, 11) is -3.79. The lowest BCUT2D eigenvalue weighted by Crippen LogP contribution is -2.49. The summed E-state index contributed by atoms with van der Waals surface area (Å²) >= 11 is 1.54. The van der Waals surface area contributed by atoms with Crippen LogP contribution in [0.3, 0.4) is 0 Å². The Bertz CT molecular complexity index is 978. The van der Waals surface area contributed by atoms with Gasteiger partial charge >= 0.3 is 0 Å². The SMILES string of the molecule is CCC1COC(C)(CCC(C)C)N1S(=O)(=O)c1cn(C2CCCC2)nc1-c1cccs1. The number of nitrogens with zero attached hydrogens (tertiary/aromatic N) is 3. The monoisotopic (exact) mass is 465 g/mol. The summed E-state index contributed by atoms with van der Waals surface area (Å²) in [6.07, 6.45) is 8.57. The molecule has 6 nitrogen and oxygen atoms in total. The van der Waals surface area contributed by atoms with E-state index in [4.69, 9.17) is 9.84 Å². The maximum absolute atomic E-state index is 14.2. The molecule has 1 saturated heterocycles. The molecule has 2 unspecified atom stereocenters. The van der Waals surface area contributed by atoms with E-state index in [2.05, 4.69) is 13.8 Å². The molecule has 172 valence electrons. The fraction of sp³-hybridized carbons (Fsp3) is 0.696. The third kappa shape index (κ3) is 4.36. The van der Waals surface area contributed by atoms with Gasteiger partial charge in [-0.05, 0) is 56.4 Å². The molecule has 1 aliphatic heterocycles. The fourth-order valence-electron chi connectivity index (χ4n) is 4.88. The summed E-state index contributed by atoms with van der Waals surface area (Å²) in [6.45, 7) is 8.74. The van der Waals surface area contributed by atoms with Crippen LogP contribution in [0.15, 0.2) is 28.6 Å². The number of rotatable bonds is 8. The summed E-state index contributed by atoms with van der Waals surface area (Å²) in [6, 6.07) is 4.03. The van der Waals surface area contributed by atoms with Gasteiger partial charge < -0.3 is 4.74 Å². The highest BCUT2D eigenvalue weighted by Gasteiger charge is 2.51. The Balaban J connectivity index is 1.79. The Labute approximate surface area is 190 Å². The van der Waals surface area contributed by atoms with Crippen LogP contribution < -0.4 is 0 Å². The molecule has 4 rings (SSSR count). The maximum Gasteiger partial charge on any atom is 0.249 e. The molecular formula is C23H35N3O3S2. The van der Waals surface area contributed by atoms with Gasteiger partial charge in [0.25, 0.3) is 0 Å². The van der Waals surface area contributed by atoms with Crippen molar-refractivity contribution in [1.82, 2.24) is 14.1 Å².